The summed E-state index contributed by atoms with van der Waals surface area (Å²) in [6, 6.07) is 7.03. The van der Waals surface area contributed by atoms with Gasteiger partial charge < -0.3 is 10.2 Å². The topological polar surface area (TPSA) is 80.1 Å². The zero-order valence-electron chi connectivity index (χ0n) is 16.0. The van der Waals surface area contributed by atoms with E-state index in [4.69, 9.17) is 11.6 Å². The second kappa shape index (κ2) is 7.69. The van der Waals surface area contributed by atoms with Gasteiger partial charge in [0.25, 0.3) is 11.8 Å². The first-order valence-corrected chi connectivity index (χ1v) is 9.52. The van der Waals surface area contributed by atoms with Gasteiger partial charge in [-0.05, 0) is 43.3 Å². The van der Waals surface area contributed by atoms with Gasteiger partial charge in [-0.2, -0.15) is 18.3 Å². The van der Waals surface area contributed by atoms with Gasteiger partial charge in [-0.3, -0.25) is 14.3 Å². The van der Waals surface area contributed by atoms with E-state index in [1.165, 1.54) is 46.2 Å². The van der Waals surface area contributed by atoms with Crippen molar-refractivity contribution < 1.29 is 22.8 Å². The molecule has 3 heterocycles. The molecule has 1 atom stereocenters. The molecule has 0 saturated heterocycles. The third kappa shape index (κ3) is 3.98. The Bertz CT molecular complexity index is 1140. The van der Waals surface area contributed by atoms with Crippen LogP contribution in [0.5, 0.6) is 0 Å². The molecule has 0 bridgehead atoms. The SMILES string of the molecule is C[C@H]1CN(c2ccc(C(F)(F)F)cc2)C(=O)c2c(NC(=O)c3ccc(Cl)nc3)cnn21. The lowest BCUT2D eigenvalue weighted by molar-refractivity contribution is -0.137. The van der Waals surface area contributed by atoms with E-state index in [9.17, 15) is 22.8 Å². The Labute approximate surface area is 179 Å². The molecule has 1 aliphatic heterocycles. The lowest BCUT2D eigenvalue weighted by atomic mass is 10.1. The molecule has 0 unspecified atom stereocenters. The fourth-order valence-electron chi connectivity index (χ4n) is 3.31. The fourth-order valence-corrected chi connectivity index (χ4v) is 3.42. The molecular formula is C20H15ClF3N5O2. The van der Waals surface area contributed by atoms with Gasteiger partial charge in [0.1, 0.15) is 5.15 Å². The van der Waals surface area contributed by atoms with Crippen molar-refractivity contribution in [3.63, 3.8) is 0 Å². The highest BCUT2D eigenvalue weighted by molar-refractivity contribution is 6.29. The highest BCUT2D eigenvalue weighted by Crippen LogP contribution is 2.33. The van der Waals surface area contributed by atoms with Crippen molar-refractivity contribution in [2.45, 2.75) is 19.1 Å². The molecule has 1 aliphatic rings. The number of amides is 2. The minimum atomic E-state index is -4.47. The van der Waals surface area contributed by atoms with E-state index in [-0.39, 0.29) is 34.7 Å². The number of carbonyl (C=O) groups excluding carboxylic acids is 2. The van der Waals surface area contributed by atoms with Gasteiger partial charge in [-0.15, -0.1) is 0 Å². The number of nitrogens with one attached hydrogen (secondary N) is 1. The number of aromatic nitrogens is 3. The van der Waals surface area contributed by atoms with Crippen molar-refractivity contribution in [2.24, 2.45) is 0 Å². The molecule has 0 spiro atoms. The smallest absolute Gasteiger partial charge is 0.319 e. The van der Waals surface area contributed by atoms with Gasteiger partial charge in [-0.25, -0.2) is 4.98 Å². The van der Waals surface area contributed by atoms with E-state index >= 15 is 0 Å². The summed E-state index contributed by atoms with van der Waals surface area (Å²) < 4.78 is 40.0. The summed E-state index contributed by atoms with van der Waals surface area (Å²) in [6.45, 7) is 2.03. The molecule has 4 rings (SSSR count). The Morgan fingerprint density at radius 2 is 1.87 bits per heavy atom. The third-order valence-corrected chi connectivity index (χ3v) is 5.08. The van der Waals surface area contributed by atoms with Crippen molar-refractivity contribution in [1.82, 2.24) is 14.8 Å². The van der Waals surface area contributed by atoms with Crippen LogP contribution in [0.1, 0.15) is 39.4 Å². The van der Waals surface area contributed by atoms with Gasteiger partial charge in [0.05, 0.1) is 29.1 Å². The summed E-state index contributed by atoms with van der Waals surface area (Å²) in [7, 11) is 0. The van der Waals surface area contributed by atoms with Crippen LogP contribution in [0.25, 0.3) is 0 Å². The molecule has 11 heteroatoms. The summed E-state index contributed by atoms with van der Waals surface area (Å²) in [5.74, 6) is -0.994. The number of hydrogen-bond donors (Lipinski definition) is 1. The van der Waals surface area contributed by atoms with E-state index in [1.54, 1.807) is 0 Å². The normalized spacial score (nSPS) is 16.2. The van der Waals surface area contributed by atoms with Crippen molar-refractivity contribution in [3.8, 4) is 0 Å². The number of carbonyl (C=O) groups is 2. The molecule has 2 amide bonds. The van der Waals surface area contributed by atoms with Crippen molar-refractivity contribution in [3.05, 3.63) is 70.8 Å². The van der Waals surface area contributed by atoms with Crippen molar-refractivity contribution in [1.29, 1.82) is 0 Å². The maximum absolute atomic E-state index is 13.2. The Kier molecular flexibility index (Phi) is 5.18. The first kappa shape index (κ1) is 20.9. The monoisotopic (exact) mass is 449 g/mol. The molecule has 160 valence electrons. The molecule has 0 fully saturated rings. The highest BCUT2D eigenvalue weighted by atomic mass is 35.5. The summed E-state index contributed by atoms with van der Waals surface area (Å²) >= 11 is 5.73. The zero-order valence-corrected chi connectivity index (χ0v) is 16.8. The van der Waals surface area contributed by atoms with Crippen LogP contribution in [0.2, 0.25) is 5.15 Å². The number of nitrogens with zero attached hydrogens (tertiary/aromatic N) is 4. The number of hydrogen-bond acceptors (Lipinski definition) is 4. The lowest BCUT2D eigenvalue weighted by Crippen LogP contribution is -2.43. The molecule has 1 aromatic carbocycles. The molecule has 3 aromatic rings. The number of rotatable bonds is 3. The minimum Gasteiger partial charge on any atom is -0.319 e. The van der Waals surface area contributed by atoms with E-state index in [0.717, 1.165) is 12.1 Å². The van der Waals surface area contributed by atoms with Crippen LogP contribution in [0.3, 0.4) is 0 Å². The summed E-state index contributed by atoms with van der Waals surface area (Å²) in [6.07, 6.45) is -1.81. The number of pyridine rings is 1. The van der Waals surface area contributed by atoms with E-state index in [0.29, 0.717) is 5.69 Å². The average Bonchev–Trinajstić information content (AvgIpc) is 3.15. The van der Waals surface area contributed by atoms with E-state index < -0.39 is 23.6 Å². The van der Waals surface area contributed by atoms with E-state index in [1.807, 2.05) is 6.92 Å². The molecule has 7 nitrogen and oxygen atoms in total. The average molecular weight is 450 g/mol. The summed E-state index contributed by atoms with van der Waals surface area (Å²) in [5, 5.41) is 7.06. The second-order valence-electron chi connectivity index (χ2n) is 6.98. The van der Waals surface area contributed by atoms with Crippen LogP contribution in [0, 0.1) is 0 Å². The van der Waals surface area contributed by atoms with Gasteiger partial charge >= 0.3 is 6.18 Å². The highest BCUT2D eigenvalue weighted by Gasteiger charge is 2.35. The number of benzene rings is 1. The van der Waals surface area contributed by atoms with Gasteiger partial charge in [0.2, 0.25) is 0 Å². The van der Waals surface area contributed by atoms with Crippen molar-refractivity contribution in [2.75, 3.05) is 16.8 Å². The lowest BCUT2D eigenvalue weighted by Gasteiger charge is -2.32. The Morgan fingerprint density at radius 3 is 2.48 bits per heavy atom. The Hall–Kier alpha value is -3.40. The molecule has 31 heavy (non-hydrogen) atoms. The number of halogens is 4. The van der Waals surface area contributed by atoms with Gasteiger partial charge in [0.15, 0.2) is 5.69 Å². The van der Waals surface area contributed by atoms with E-state index in [2.05, 4.69) is 15.4 Å². The molecular weight excluding hydrogens is 435 g/mol. The Morgan fingerprint density at radius 1 is 1.16 bits per heavy atom. The van der Waals surface area contributed by atoms with Crippen molar-refractivity contribution >= 4 is 34.8 Å². The first-order valence-electron chi connectivity index (χ1n) is 9.14. The first-order chi connectivity index (χ1) is 14.6. The number of anilines is 2. The predicted octanol–water partition coefficient (Wildman–Crippen LogP) is 4.42. The summed E-state index contributed by atoms with van der Waals surface area (Å²) in [5.41, 5.74) is 0.0717. The van der Waals surface area contributed by atoms with Crippen LogP contribution >= 0.6 is 11.6 Å². The van der Waals surface area contributed by atoms with Crippen LogP contribution < -0.4 is 10.2 Å². The largest absolute Gasteiger partial charge is 0.416 e. The standard InChI is InChI=1S/C20H15ClF3N5O2/c1-11-10-28(14-5-3-13(4-6-14)20(22,23)24)19(31)17-15(9-26-29(11)17)27-18(30)12-2-7-16(21)25-8-12/h2-9,11H,10H2,1H3,(H,27,30)/t11-/m0/s1. The fraction of sp³-hybridized carbons (Fsp3) is 0.200. The molecule has 0 radical (unpaired) electrons. The summed E-state index contributed by atoms with van der Waals surface area (Å²) in [4.78, 5) is 30.9. The molecule has 0 saturated carbocycles. The quantitative estimate of drug-likeness (QED) is 0.600. The van der Waals surface area contributed by atoms with Crippen LogP contribution in [-0.4, -0.2) is 33.1 Å². The van der Waals surface area contributed by atoms with Crippen LogP contribution in [0.15, 0.2) is 48.8 Å². The second-order valence-corrected chi connectivity index (χ2v) is 7.37. The minimum absolute atomic E-state index is 0.133. The third-order valence-electron chi connectivity index (χ3n) is 4.85. The van der Waals surface area contributed by atoms with Gasteiger partial charge in [-0.1, -0.05) is 11.6 Å². The van der Waals surface area contributed by atoms with Crippen LogP contribution in [0.4, 0.5) is 24.5 Å². The van der Waals surface area contributed by atoms with Gasteiger partial charge in [0, 0.05) is 18.4 Å². The number of fused-ring (bicyclic) bond motifs is 1. The molecule has 1 N–H and O–H groups in total. The maximum Gasteiger partial charge on any atom is 0.416 e. The predicted molar refractivity (Wildman–Crippen MR) is 107 cm³/mol. The zero-order chi connectivity index (χ0) is 22.3. The Balaban J connectivity index is 1.62. The van der Waals surface area contributed by atoms with Crippen LogP contribution in [-0.2, 0) is 6.18 Å². The molecule has 2 aromatic heterocycles. The number of alkyl halides is 3. The maximum atomic E-state index is 13.2. The molecule has 0 aliphatic carbocycles.